The van der Waals surface area contributed by atoms with Crippen LogP contribution in [-0.4, -0.2) is 68.3 Å². The fraction of sp³-hybridized carbons (Fsp3) is 0.889. The second kappa shape index (κ2) is 5.07. The number of amides is 1. The number of hydrogen-bond donors (Lipinski definition) is 5. The highest BCUT2D eigenvalue weighted by Gasteiger charge is 2.45. The van der Waals surface area contributed by atoms with E-state index >= 15 is 0 Å². The number of aliphatic hydroxyl groups excluding tert-OH is 3. The van der Waals surface area contributed by atoms with Gasteiger partial charge in [-0.2, -0.15) is 0 Å². The highest BCUT2D eigenvalue weighted by atomic mass is 16.5. The van der Waals surface area contributed by atoms with Crippen molar-refractivity contribution in [2.24, 2.45) is 0 Å². The molecule has 0 unspecified atom stereocenters. The van der Waals surface area contributed by atoms with Crippen LogP contribution in [0.15, 0.2) is 0 Å². The Labute approximate surface area is 93.3 Å². The number of piperidine rings is 1. The lowest BCUT2D eigenvalue weighted by molar-refractivity contribution is -0.167. The van der Waals surface area contributed by atoms with E-state index in [1.807, 2.05) is 0 Å². The SMILES string of the molecule is CC(C)N1C[C@@H](O)[C@H](O)[C@H](O)[C@@H]1C(=O)NO. The van der Waals surface area contributed by atoms with Gasteiger partial charge in [0.15, 0.2) is 0 Å². The van der Waals surface area contributed by atoms with E-state index in [4.69, 9.17) is 5.21 Å². The third-order valence-corrected chi connectivity index (χ3v) is 2.86. The summed E-state index contributed by atoms with van der Waals surface area (Å²) in [6.45, 7) is 3.64. The summed E-state index contributed by atoms with van der Waals surface area (Å²) in [6.07, 6.45) is -3.93. The molecule has 0 aliphatic carbocycles. The van der Waals surface area contributed by atoms with Crippen molar-refractivity contribution in [3.8, 4) is 0 Å². The van der Waals surface area contributed by atoms with Gasteiger partial charge >= 0.3 is 0 Å². The summed E-state index contributed by atoms with van der Waals surface area (Å²) in [5, 5.41) is 37.2. The smallest absolute Gasteiger partial charge is 0.263 e. The summed E-state index contributed by atoms with van der Waals surface area (Å²) in [6, 6.07) is -1.18. The van der Waals surface area contributed by atoms with Gasteiger partial charge in [0.2, 0.25) is 0 Å². The Morgan fingerprint density at radius 3 is 2.31 bits per heavy atom. The largest absolute Gasteiger partial charge is 0.389 e. The fourth-order valence-corrected chi connectivity index (χ4v) is 1.95. The number of nitrogens with zero attached hydrogens (tertiary/aromatic N) is 1. The first-order valence-electron chi connectivity index (χ1n) is 5.14. The molecule has 1 amide bonds. The predicted octanol–water partition coefficient (Wildman–Crippen LogP) is -2.33. The molecule has 0 aromatic heterocycles. The molecule has 16 heavy (non-hydrogen) atoms. The number of hydroxylamine groups is 1. The lowest BCUT2D eigenvalue weighted by Crippen LogP contribution is -2.66. The number of β-amino-alcohol motifs (C(OH)–C–C–N with tert-alkyl or cyclic N) is 1. The summed E-state index contributed by atoms with van der Waals surface area (Å²) in [5.41, 5.74) is 1.45. The van der Waals surface area contributed by atoms with Crippen LogP contribution in [0.25, 0.3) is 0 Å². The normalized spacial score (nSPS) is 36.4. The molecule has 1 fully saturated rings. The van der Waals surface area contributed by atoms with Crippen molar-refractivity contribution in [3.63, 3.8) is 0 Å². The molecule has 1 aliphatic rings. The van der Waals surface area contributed by atoms with Crippen LogP contribution >= 0.6 is 0 Å². The van der Waals surface area contributed by atoms with Crippen LogP contribution in [0.1, 0.15) is 13.8 Å². The van der Waals surface area contributed by atoms with Crippen molar-refractivity contribution >= 4 is 5.91 Å². The van der Waals surface area contributed by atoms with Crippen LogP contribution in [-0.2, 0) is 4.79 Å². The minimum atomic E-state index is -1.43. The first kappa shape index (κ1) is 13.3. The molecule has 0 aromatic rings. The molecule has 0 spiro atoms. The van der Waals surface area contributed by atoms with Gasteiger partial charge in [-0.3, -0.25) is 14.9 Å². The number of nitrogens with one attached hydrogen (secondary N) is 1. The number of likely N-dealkylation sites (tertiary alicyclic amines) is 1. The minimum absolute atomic E-state index is 0.0635. The average molecular weight is 234 g/mol. The molecule has 0 saturated carbocycles. The topological polar surface area (TPSA) is 113 Å². The second-order valence-corrected chi connectivity index (χ2v) is 4.26. The molecule has 5 N–H and O–H groups in total. The number of carbonyl (C=O) groups is 1. The van der Waals surface area contributed by atoms with E-state index in [0.717, 1.165) is 0 Å². The monoisotopic (exact) mass is 234 g/mol. The van der Waals surface area contributed by atoms with Crippen LogP contribution in [0.2, 0.25) is 0 Å². The maximum Gasteiger partial charge on any atom is 0.263 e. The van der Waals surface area contributed by atoms with Crippen LogP contribution < -0.4 is 5.48 Å². The Kier molecular flexibility index (Phi) is 4.22. The second-order valence-electron chi connectivity index (χ2n) is 4.26. The maximum absolute atomic E-state index is 11.4. The van der Waals surface area contributed by atoms with Crippen molar-refractivity contribution in [1.29, 1.82) is 0 Å². The summed E-state index contributed by atoms with van der Waals surface area (Å²) >= 11 is 0. The molecule has 1 rings (SSSR count). The molecular weight excluding hydrogens is 216 g/mol. The van der Waals surface area contributed by atoms with E-state index in [1.54, 1.807) is 13.8 Å². The van der Waals surface area contributed by atoms with Crippen molar-refractivity contribution in [2.45, 2.75) is 44.2 Å². The first-order valence-corrected chi connectivity index (χ1v) is 5.14. The fourth-order valence-electron chi connectivity index (χ4n) is 1.95. The lowest BCUT2D eigenvalue weighted by Gasteiger charge is -2.44. The Bertz CT molecular complexity index is 260. The number of aliphatic hydroxyl groups is 3. The first-order chi connectivity index (χ1) is 7.40. The van der Waals surface area contributed by atoms with Gasteiger partial charge in [0.1, 0.15) is 18.2 Å². The zero-order valence-electron chi connectivity index (χ0n) is 9.24. The van der Waals surface area contributed by atoms with Crippen molar-refractivity contribution < 1.29 is 25.3 Å². The maximum atomic E-state index is 11.4. The van der Waals surface area contributed by atoms with Crippen LogP contribution in [0, 0.1) is 0 Å². The van der Waals surface area contributed by atoms with E-state index in [2.05, 4.69) is 0 Å². The molecule has 0 bridgehead atoms. The predicted molar refractivity (Wildman–Crippen MR) is 53.6 cm³/mol. The molecule has 7 nitrogen and oxygen atoms in total. The van der Waals surface area contributed by atoms with Gasteiger partial charge in [-0.05, 0) is 13.8 Å². The summed E-state index contributed by atoms with van der Waals surface area (Å²) in [7, 11) is 0. The Balaban J connectivity index is 2.93. The van der Waals surface area contributed by atoms with Gasteiger partial charge in [-0.1, -0.05) is 0 Å². The summed E-state index contributed by atoms with van der Waals surface area (Å²) in [4.78, 5) is 12.9. The molecule has 4 atom stereocenters. The van der Waals surface area contributed by atoms with E-state index in [9.17, 15) is 20.1 Å². The van der Waals surface area contributed by atoms with Crippen molar-refractivity contribution in [1.82, 2.24) is 10.4 Å². The number of rotatable bonds is 2. The highest BCUT2D eigenvalue weighted by Crippen LogP contribution is 2.21. The zero-order valence-corrected chi connectivity index (χ0v) is 9.24. The van der Waals surface area contributed by atoms with E-state index in [0.29, 0.717) is 0 Å². The lowest BCUT2D eigenvalue weighted by atomic mass is 9.92. The molecule has 94 valence electrons. The van der Waals surface area contributed by atoms with E-state index in [1.165, 1.54) is 10.4 Å². The van der Waals surface area contributed by atoms with Gasteiger partial charge in [-0.25, -0.2) is 5.48 Å². The van der Waals surface area contributed by atoms with Gasteiger partial charge in [-0.15, -0.1) is 0 Å². The number of carbonyl (C=O) groups excluding carboxylic acids is 1. The highest BCUT2D eigenvalue weighted by molar-refractivity contribution is 5.81. The van der Waals surface area contributed by atoms with E-state index in [-0.39, 0.29) is 12.6 Å². The van der Waals surface area contributed by atoms with Crippen molar-refractivity contribution in [3.05, 3.63) is 0 Å². The zero-order chi connectivity index (χ0) is 12.5. The van der Waals surface area contributed by atoms with Crippen LogP contribution in [0.4, 0.5) is 0 Å². The third kappa shape index (κ3) is 2.33. The summed E-state index contributed by atoms with van der Waals surface area (Å²) in [5.74, 6) is -0.799. The molecule has 0 radical (unpaired) electrons. The third-order valence-electron chi connectivity index (χ3n) is 2.86. The molecule has 1 heterocycles. The quantitative estimate of drug-likeness (QED) is 0.270. The van der Waals surface area contributed by atoms with Crippen LogP contribution in [0.3, 0.4) is 0 Å². The van der Waals surface area contributed by atoms with Gasteiger partial charge in [0, 0.05) is 12.6 Å². The van der Waals surface area contributed by atoms with Gasteiger partial charge in [0.05, 0.1) is 6.10 Å². The summed E-state index contributed by atoms with van der Waals surface area (Å²) < 4.78 is 0. The van der Waals surface area contributed by atoms with Crippen molar-refractivity contribution in [2.75, 3.05) is 6.54 Å². The number of hydrogen-bond acceptors (Lipinski definition) is 6. The Morgan fingerprint density at radius 2 is 1.88 bits per heavy atom. The van der Waals surface area contributed by atoms with Crippen LogP contribution in [0.5, 0.6) is 0 Å². The van der Waals surface area contributed by atoms with Gasteiger partial charge in [0.25, 0.3) is 5.91 Å². The van der Waals surface area contributed by atoms with Gasteiger partial charge < -0.3 is 15.3 Å². The van der Waals surface area contributed by atoms with E-state index < -0.39 is 30.3 Å². The molecular formula is C9H18N2O5. The average Bonchev–Trinajstić information content (AvgIpc) is 2.24. The minimum Gasteiger partial charge on any atom is -0.389 e. The molecule has 7 heteroatoms. The standard InChI is InChI=1S/C9H18N2O5/c1-4(2)11-3-5(12)7(13)8(14)6(11)9(15)10-16/h4-8,12-14,16H,3H2,1-2H3,(H,10,15)/t5-,6-,7+,8-/m1/s1. The molecule has 0 aromatic carbocycles. The molecule has 1 saturated heterocycles. The Morgan fingerprint density at radius 1 is 1.31 bits per heavy atom. The Hall–Kier alpha value is -0.730. The molecule has 1 aliphatic heterocycles.